The summed E-state index contributed by atoms with van der Waals surface area (Å²) in [6.07, 6.45) is 2.87. The van der Waals surface area contributed by atoms with Crippen LogP contribution in [0.1, 0.15) is 36.8 Å². The molecule has 1 saturated heterocycles. The van der Waals surface area contributed by atoms with E-state index in [1.165, 1.54) is 0 Å². The molecule has 2 aliphatic rings. The van der Waals surface area contributed by atoms with E-state index in [4.69, 9.17) is 9.26 Å². The fourth-order valence-electron chi connectivity index (χ4n) is 3.58. The molecule has 27 heavy (non-hydrogen) atoms. The summed E-state index contributed by atoms with van der Waals surface area (Å²) in [7, 11) is 1.71. The normalized spacial score (nSPS) is 19.5. The van der Waals surface area contributed by atoms with E-state index < -0.39 is 0 Å². The van der Waals surface area contributed by atoms with E-state index in [1.807, 2.05) is 13.0 Å². The van der Waals surface area contributed by atoms with Crippen molar-refractivity contribution in [2.24, 2.45) is 0 Å². The number of nitrogens with one attached hydrogen (secondary N) is 1. The molecular formula is C19H22N4O4. The molecule has 1 fully saturated rings. The Kier molecular flexibility index (Phi) is 4.47. The summed E-state index contributed by atoms with van der Waals surface area (Å²) < 4.78 is 10.7. The zero-order chi connectivity index (χ0) is 19.0. The molecule has 0 unspecified atom stereocenters. The zero-order valence-corrected chi connectivity index (χ0v) is 15.4. The quantitative estimate of drug-likeness (QED) is 0.878. The summed E-state index contributed by atoms with van der Waals surface area (Å²) >= 11 is 0. The van der Waals surface area contributed by atoms with Crippen LogP contribution in [0.5, 0.6) is 5.75 Å². The number of piperidine rings is 1. The minimum absolute atomic E-state index is 0.000604. The molecule has 0 spiro atoms. The summed E-state index contributed by atoms with van der Waals surface area (Å²) in [6.45, 7) is 2.51. The number of carbonyl (C=O) groups excluding carboxylic acids is 2. The van der Waals surface area contributed by atoms with Gasteiger partial charge in [-0.05, 0) is 38.3 Å². The fourth-order valence-corrected chi connectivity index (χ4v) is 3.58. The van der Waals surface area contributed by atoms with Crippen molar-refractivity contribution in [2.75, 3.05) is 30.4 Å². The summed E-state index contributed by atoms with van der Waals surface area (Å²) in [6, 6.07) is 6.91. The maximum Gasteiger partial charge on any atom is 0.322 e. The Morgan fingerprint density at radius 1 is 1.30 bits per heavy atom. The maximum atomic E-state index is 12.9. The lowest BCUT2D eigenvalue weighted by Gasteiger charge is -2.34. The number of rotatable bonds is 2. The molecular weight excluding hydrogens is 348 g/mol. The number of likely N-dealkylation sites (N-methyl/N-ethyl adjacent to an activating group) is 1. The number of likely N-dealkylation sites (tertiary alicyclic amines) is 1. The van der Waals surface area contributed by atoms with Gasteiger partial charge in [0.2, 0.25) is 0 Å². The molecule has 1 atom stereocenters. The van der Waals surface area contributed by atoms with Gasteiger partial charge >= 0.3 is 6.03 Å². The molecule has 2 aliphatic heterocycles. The van der Waals surface area contributed by atoms with Crippen molar-refractivity contribution in [3.05, 3.63) is 35.7 Å². The first-order valence-corrected chi connectivity index (χ1v) is 9.07. The first-order chi connectivity index (χ1) is 13.0. The molecule has 8 heteroatoms. The molecule has 142 valence electrons. The third kappa shape index (κ3) is 3.34. The largest absolute Gasteiger partial charge is 0.481 e. The molecule has 0 bridgehead atoms. The molecule has 0 saturated carbocycles. The van der Waals surface area contributed by atoms with Gasteiger partial charge in [-0.3, -0.25) is 4.79 Å². The number of hydrogen-bond donors (Lipinski definition) is 1. The molecule has 0 aliphatic carbocycles. The van der Waals surface area contributed by atoms with Crippen LogP contribution in [0.15, 0.2) is 28.8 Å². The number of hydrogen-bond acceptors (Lipinski definition) is 5. The first kappa shape index (κ1) is 17.4. The second-order valence-electron chi connectivity index (χ2n) is 6.92. The number of aromatic nitrogens is 1. The van der Waals surface area contributed by atoms with Crippen molar-refractivity contribution in [3.63, 3.8) is 0 Å². The van der Waals surface area contributed by atoms with E-state index in [-0.39, 0.29) is 24.6 Å². The van der Waals surface area contributed by atoms with Gasteiger partial charge < -0.3 is 24.4 Å². The predicted molar refractivity (Wildman–Crippen MR) is 98.9 cm³/mol. The van der Waals surface area contributed by atoms with E-state index in [1.54, 1.807) is 35.0 Å². The molecule has 3 heterocycles. The van der Waals surface area contributed by atoms with Crippen molar-refractivity contribution in [3.8, 4) is 5.75 Å². The van der Waals surface area contributed by atoms with Gasteiger partial charge in [-0.25, -0.2) is 4.79 Å². The SMILES string of the molecule is Cc1cc([C@H]2CCCCN2C(=O)Nc2ccc3c(c2)OCC(=O)N3C)no1. The summed E-state index contributed by atoms with van der Waals surface area (Å²) in [4.78, 5) is 28.0. The third-order valence-corrected chi connectivity index (χ3v) is 5.05. The van der Waals surface area contributed by atoms with E-state index >= 15 is 0 Å². The minimum Gasteiger partial charge on any atom is -0.481 e. The van der Waals surface area contributed by atoms with Crippen molar-refractivity contribution in [1.29, 1.82) is 0 Å². The van der Waals surface area contributed by atoms with Crippen molar-refractivity contribution < 1.29 is 18.8 Å². The highest BCUT2D eigenvalue weighted by molar-refractivity contribution is 5.98. The smallest absolute Gasteiger partial charge is 0.322 e. The number of carbonyl (C=O) groups is 2. The van der Waals surface area contributed by atoms with Gasteiger partial charge in [-0.1, -0.05) is 5.16 Å². The Labute approximate surface area is 157 Å². The van der Waals surface area contributed by atoms with Gasteiger partial charge in [0.1, 0.15) is 17.2 Å². The van der Waals surface area contributed by atoms with Crippen molar-refractivity contribution in [2.45, 2.75) is 32.2 Å². The summed E-state index contributed by atoms with van der Waals surface area (Å²) in [5.41, 5.74) is 2.11. The number of fused-ring (bicyclic) bond motifs is 1. The van der Waals surface area contributed by atoms with Crippen LogP contribution < -0.4 is 15.0 Å². The Morgan fingerprint density at radius 2 is 2.15 bits per heavy atom. The molecule has 1 aromatic heterocycles. The van der Waals surface area contributed by atoms with Crippen LogP contribution in [0, 0.1) is 6.92 Å². The monoisotopic (exact) mass is 370 g/mol. The average Bonchev–Trinajstić information content (AvgIpc) is 3.11. The van der Waals surface area contributed by atoms with Gasteiger partial charge in [-0.2, -0.15) is 0 Å². The molecule has 1 N–H and O–H groups in total. The van der Waals surface area contributed by atoms with E-state index in [9.17, 15) is 9.59 Å². The predicted octanol–water partition coefficient (Wildman–Crippen LogP) is 3.10. The van der Waals surface area contributed by atoms with Crippen molar-refractivity contribution in [1.82, 2.24) is 10.1 Å². The summed E-state index contributed by atoms with van der Waals surface area (Å²) in [5.74, 6) is 1.22. The minimum atomic E-state index is -0.180. The van der Waals surface area contributed by atoms with Crippen LogP contribution in [-0.4, -0.2) is 42.2 Å². The second-order valence-corrected chi connectivity index (χ2v) is 6.92. The van der Waals surface area contributed by atoms with E-state index in [2.05, 4.69) is 10.5 Å². The lowest BCUT2D eigenvalue weighted by atomic mass is 9.99. The molecule has 2 aromatic rings. The Bertz CT molecular complexity index is 878. The van der Waals surface area contributed by atoms with Crippen molar-refractivity contribution >= 4 is 23.3 Å². The molecule has 4 rings (SSSR count). The van der Waals surface area contributed by atoms with Crippen LogP contribution in [0.4, 0.5) is 16.2 Å². The van der Waals surface area contributed by atoms with Gasteiger partial charge in [0.15, 0.2) is 6.61 Å². The Hall–Kier alpha value is -3.03. The Balaban J connectivity index is 1.52. The average molecular weight is 370 g/mol. The van der Waals surface area contributed by atoms with Crippen LogP contribution in [0.2, 0.25) is 0 Å². The highest BCUT2D eigenvalue weighted by Crippen LogP contribution is 2.35. The first-order valence-electron chi connectivity index (χ1n) is 9.07. The van der Waals surface area contributed by atoms with Crippen LogP contribution >= 0.6 is 0 Å². The Morgan fingerprint density at radius 3 is 2.93 bits per heavy atom. The maximum absolute atomic E-state index is 12.9. The van der Waals surface area contributed by atoms with Gasteiger partial charge in [0, 0.05) is 31.4 Å². The number of urea groups is 1. The van der Waals surface area contributed by atoms with Gasteiger partial charge in [-0.15, -0.1) is 0 Å². The number of aryl methyl sites for hydroxylation is 1. The molecule has 3 amide bonds. The zero-order valence-electron chi connectivity index (χ0n) is 15.4. The van der Waals surface area contributed by atoms with E-state index in [0.29, 0.717) is 23.7 Å². The van der Waals surface area contributed by atoms with Gasteiger partial charge in [0.05, 0.1) is 11.7 Å². The van der Waals surface area contributed by atoms with Gasteiger partial charge in [0.25, 0.3) is 5.91 Å². The third-order valence-electron chi connectivity index (χ3n) is 5.05. The standard InChI is InChI=1S/C19H22N4O4/c1-12-9-14(21-27-12)15-5-3-4-8-23(15)19(25)20-13-6-7-16-17(10-13)26-11-18(24)22(16)2/h6-7,9-10,15H,3-5,8,11H2,1-2H3,(H,20,25)/t15-/m1/s1. The highest BCUT2D eigenvalue weighted by atomic mass is 16.5. The molecule has 8 nitrogen and oxygen atoms in total. The van der Waals surface area contributed by atoms with Crippen LogP contribution in [0.25, 0.3) is 0 Å². The van der Waals surface area contributed by atoms with E-state index in [0.717, 1.165) is 30.7 Å². The number of anilines is 2. The number of nitrogens with zero attached hydrogens (tertiary/aromatic N) is 3. The molecule has 0 radical (unpaired) electrons. The number of amides is 3. The van der Waals surface area contributed by atoms with Crippen LogP contribution in [-0.2, 0) is 4.79 Å². The number of ether oxygens (including phenoxy) is 1. The fraction of sp³-hybridized carbons (Fsp3) is 0.421. The lowest BCUT2D eigenvalue weighted by Crippen LogP contribution is -2.41. The second kappa shape index (κ2) is 6.94. The van der Waals surface area contributed by atoms with Crippen LogP contribution in [0.3, 0.4) is 0 Å². The number of benzene rings is 1. The topological polar surface area (TPSA) is 87.9 Å². The molecule has 1 aromatic carbocycles. The lowest BCUT2D eigenvalue weighted by molar-refractivity contribution is -0.120. The summed E-state index contributed by atoms with van der Waals surface area (Å²) in [5, 5.41) is 7.04. The highest BCUT2D eigenvalue weighted by Gasteiger charge is 2.30.